The Morgan fingerprint density at radius 1 is 1.09 bits per heavy atom. The number of carbonyl (C=O) groups is 1. The highest BCUT2D eigenvalue weighted by molar-refractivity contribution is 5.66. The first-order valence-corrected chi connectivity index (χ1v) is 8.75. The van der Waals surface area contributed by atoms with Crippen LogP contribution in [0.15, 0.2) is 24.3 Å². The predicted octanol–water partition coefficient (Wildman–Crippen LogP) is 2.43. The fraction of sp³-hybridized carbons (Fsp3) is 0.737. The molecule has 0 heterocycles. The van der Waals surface area contributed by atoms with Crippen LogP contribution in [-0.4, -0.2) is 48.8 Å². The van der Waals surface area contributed by atoms with Gasteiger partial charge in [0.2, 0.25) is 0 Å². The number of hydrogen-bond donors (Lipinski definition) is 1. The summed E-state index contributed by atoms with van der Waals surface area (Å²) in [5, 5.41) is 21.3. The quantitative estimate of drug-likeness (QED) is 0.321. The van der Waals surface area contributed by atoms with Crippen molar-refractivity contribution in [3.63, 3.8) is 0 Å². The van der Waals surface area contributed by atoms with Gasteiger partial charge in [-0.3, -0.25) is 0 Å². The summed E-state index contributed by atoms with van der Waals surface area (Å²) in [6, 6.07) is 0. The average molecular weight is 325 g/mol. The largest absolute Gasteiger partial charge is 0.550 e. The molecule has 0 aromatic carbocycles. The number of carboxylic acids is 1. The maximum Gasteiger partial charge on any atom is 0.137 e. The van der Waals surface area contributed by atoms with E-state index in [9.17, 15) is 15.0 Å². The van der Waals surface area contributed by atoms with E-state index < -0.39 is 11.6 Å². The normalized spacial score (nSPS) is 15.3. The van der Waals surface area contributed by atoms with Gasteiger partial charge in [-0.15, -0.1) is 0 Å². The van der Waals surface area contributed by atoms with Crippen molar-refractivity contribution in [2.75, 3.05) is 27.7 Å². The lowest BCUT2D eigenvalue weighted by Crippen LogP contribution is -2.50. The molecule has 0 bridgehead atoms. The van der Waals surface area contributed by atoms with Gasteiger partial charge in [0, 0.05) is 12.4 Å². The van der Waals surface area contributed by atoms with Crippen LogP contribution in [0, 0.1) is 0 Å². The number of hydrogen-bond acceptors (Lipinski definition) is 3. The van der Waals surface area contributed by atoms with Gasteiger partial charge in [-0.1, -0.05) is 57.3 Å². The number of rotatable bonds is 13. The van der Waals surface area contributed by atoms with Gasteiger partial charge in [0.1, 0.15) is 12.1 Å². The molecule has 1 N–H and O–H groups in total. The Kier molecular flexibility index (Phi) is 10.9. The maximum atomic E-state index is 10.9. The van der Waals surface area contributed by atoms with E-state index in [4.69, 9.17) is 0 Å². The first kappa shape index (κ1) is 21.9. The topological polar surface area (TPSA) is 60.4 Å². The molecule has 1 atom stereocenters. The molecule has 4 heteroatoms. The van der Waals surface area contributed by atoms with Gasteiger partial charge in [-0.05, 0) is 18.9 Å². The fourth-order valence-electron chi connectivity index (χ4n) is 2.69. The van der Waals surface area contributed by atoms with E-state index in [0.717, 1.165) is 6.42 Å². The van der Waals surface area contributed by atoms with Gasteiger partial charge in [0.05, 0.1) is 21.1 Å². The monoisotopic (exact) mass is 325 g/mol. The van der Waals surface area contributed by atoms with Gasteiger partial charge in [-0.25, -0.2) is 0 Å². The number of aliphatic carboxylic acids is 1. The summed E-state index contributed by atoms with van der Waals surface area (Å²) in [4.78, 5) is 10.9. The number of allylic oxidation sites excluding steroid dienone is 3. The third-order valence-electron chi connectivity index (χ3n) is 3.58. The smallest absolute Gasteiger partial charge is 0.137 e. The van der Waals surface area contributed by atoms with E-state index in [-0.39, 0.29) is 6.42 Å². The Morgan fingerprint density at radius 2 is 1.70 bits per heavy atom. The zero-order valence-electron chi connectivity index (χ0n) is 15.4. The fourth-order valence-corrected chi connectivity index (χ4v) is 2.69. The number of aliphatic hydroxyl groups is 1. The average Bonchev–Trinajstić information content (AvgIpc) is 2.37. The van der Waals surface area contributed by atoms with Crippen LogP contribution in [0.1, 0.15) is 58.3 Å². The van der Waals surface area contributed by atoms with Crippen LogP contribution in [0.2, 0.25) is 0 Å². The lowest BCUT2D eigenvalue weighted by molar-refractivity contribution is -0.876. The molecule has 0 spiro atoms. The molecule has 0 saturated heterocycles. The molecular formula is C19H35NO3. The summed E-state index contributed by atoms with van der Waals surface area (Å²) in [6.45, 7) is 2.54. The predicted molar refractivity (Wildman–Crippen MR) is 93.7 cm³/mol. The number of unbranched alkanes of at least 4 members (excludes halogenated alkanes) is 6. The summed E-state index contributed by atoms with van der Waals surface area (Å²) in [7, 11) is 5.76. The lowest BCUT2D eigenvalue weighted by atomic mass is 9.97. The summed E-state index contributed by atoms with van der Waals surface area (Å²) < 4.78 is 0.482. The molecule has 0 rings (SSSR count). The summed E-state index contributed by atoms with van der Waals surface area (Å²) in [5.41, 5.74) is -1.37. The third kappa shape index (κ3) is 14.2. The molecule has 0 radical (unpaired) electrons. The molecular weight excluding hydrogens is 290 g/mol. The van der Waals surface area contributed by atoms with Crippen molar-refractivity contribution in [2.24, 2.45) is 0 Å². The zero-order valence-corrected chi connectivity index (χ0v) is 15.4. The molecule has 4 nitrogen and oxygen atoms in total. The Bertz CT molecular complexity index is 383. The van der Waals surface area contributed by atoms with E-state index in [0.29, 0.717) is 11.0 Å². The minimum absolute atomic E-state index is 0.322. The van der Waals surface area contributed by atoms with Gasteiger partial charge in [0.15, 0.2) is 0 Å². The zero-order chi connectivity index (χ0) is 17.8. The van der Waals surface area contributed by atoms with Gasteiger partial charge < -0.3 is 19.5 Å². The number of likely N-dealkylation sites (N-methyl/N-ethyl adjacent to an activating group) is 1. The highest BCUT2D eigenvalue weighted by atomic mass is 16.4. The highest BCUT2D eigenvalue weighted by Gasteiger charge is 2.30. The minimum atomic E-state index is -1.37. The van der Waals surface area contributed by atoms with Crippen LogP contribution >= 0.6 is 0 Å². The van der Waals surface area contributed by atoms with Gasteiger partial charge in [0.25, 0.3) is 0 Å². The van der Waals surface area contributed by atoms with Crippen molar-refractivity contribution in [2.45, 2.75) is 63.9 Å². The summed E-state index contributed by atoms with van der Waals surface area (Å²) >= 11 is 0. The lowest BCUT2D eigenvalue weighted by Gasteiger charge is -2.34. The Balaban J connectivity index is 4.23. The van der Waals surface area contributed by atoms with Crippen molar-refractivity contribution >= 4 is 5.97 Å². The van der Waals surface area contributed by atoms with E-state index in [2.05, 4.69) is 13.0 Å². The number of carbonyl (C=O) groups excluding carboxylic acids is 1. The van der Waals surface area contributed by atoms with E-state index in [1.807, 2.05) is 27.2 Å². The van der Waals surface area contributed by atoms with Crippen LogP contribution in [-0.2, 0) is 4.79 Å². The molecule has 0 aliphatic rings. The second-order valence-electron chi connectivity index (χ2n) is 7.44. The molecule has 0 aromatic heterocycles. The minimum Gasteiger partial charge on any atom is -0.550 e. The van der Waals surface area contributed by atoms with Gasteiger partial charge >= 0.3 is 0 Å². The van der Waals surface area contributed by atoms with Crippen LogP contribution in [0.25, 0.3) is 0 Å². The number of quaternary nitrogens is 1. The first-order chi connectivity index (χ1) is 10.7. The van der Waals surface area contributed by atoms with Crippen LogP contribution in [0.4, 0.5) is 0 Å². The van der Waals surface area contributed by atoms with E-state index in [1.165, 1.54) is 38.5 Å². The summed E-state index contributed by atoms with van der Waals surface area (Å²) in [5.74, 6) is -1.23. The molecule has 0 amide bonds. The van der Waals surface area contributed by atoms with Crippen molar-refractivity contribution < 1.29 is 19.5 Å². The summed E-state index contributed by atoms with van der Waals surface area (Å²) in [6.07, 6.45) is 15.6. The number of nitrogens with zero attached hydrogens (tertiary/aromatic N) is 1. The maximum absolute atomic E-state index is 10.9. The second-order valence-corrected chi connectivity index (χ2v) is 7.44. The first-order valence-electron chi connectivity index (χ1n) is 8.75. The van der Waals surface area contributed by atoms with E-state index in [1.54, 1.807) is 12.2 Å². The number of carboxylic acid groups (broad SMARTS) is 1. The van der Waals surface area contributed by atoms with Crippen LogP contribution < -0.4 is 5.11 Å². The van der Waals surface area contributed by atoms with Gasteiger partial charge in [-0.2, -0.15) is 0 Å². The Labute approximate surface area is 142 Å². The molecule has 23 heavy (non-hydrogen) atoms. The van der Waals surface area contributed by atoms with Crippen molar-refractivity contribution in [1.82, 2.24) is 0 Å². The molecule has 0 aromatic rings. The van der Waals surface area contributed by atoms with Crippen molar-refractivity contribution in [1.29, 1.82) is 0 Å². The third-order valence-corrected chi connectivity index (χ3v) is 3.58. The standard InChI is InChI=1S/C19H35NO3/c1-5-6-7-8-9-10-11-12-13-14-15-19(23,16-18(21)22)17-20(2,3)4/h12-15,23H,5-11,16-17H2,1-4H3. The molecule has 0 aliphatic carbocycles. The molecule has 0 aliphatic heterocycles. The highest BCUT2D eigenvalue weighted by Crippen LogP contribution is 2.16. The SMILES string of the molecule is CCCCCCCCC=CC=CC(O)(CC(=O)[O-])C[N+](C)(C)C. The second kappa shape index (κ2) is 11.4. The molecule has 0 saturated carbocycles. The molecule has 1 unspecified atom stereocenters. The molecule has 0 fully saturated rings. The molecule has 134 valence electrons. The Hall–Kier alpha value is -1.13. The van der Waals surface area contributed by atoms with Crippen LogP contribution in [0.3, 0.4) is 0 Å². The van der Waals surface area contributed by atoms with Crippen molar-refractivity contribution in [3.8, 4) is 0 Å². The van der Waals surface area contributed by atoms with Crippen LogP contribution in [0.5, 0.6) is 0 Å². The Morgan fingerprint density at radius 3 is 2.26 bits per heavy atom. The van der Waals surface area contributed by atoms with E-state index >= 15 is 0 Å². The van der Waals surface area contributed by atoms with Crippen molar-refractivity contribution in [3.05, 3.63) is 24.3 Å².